The van der Waals surface area contributed by atoms with Gasteiger partial charge in [-0.3, -0.25) is 0 Å². The highest BCUT2D eigenvalue weighted by atomic mass is 15.4. The van der Waals surface area contributed by atoms with Crippen LogP contribution >= 0.6 is 0 Å². The fraction of sp³-hybridized carbons (Fsp3) is 0.619. The van der Waals surface area contributed by atoms with Crippen molar-refractivity contribution in [1.82, 2.24) is 19.7 Å². The lowest BCUT2D eigenvalue weighted by molar-refractivity contribution is 0.127. The molecule has 1 aliphatic rings. The highest BCUT2D eigenvalue weighted by Gasteiger charge is 2.27. The van der Waals surface area contributed by atoms with Crippen LogP contribution in [0, 0.1) is 6.92 Å². The van der Waals surface area contributed by atoms with Gasteiger partial charge < -0.3 is 10.6 Å². The van der Waals surface area contributed by atoms with Crippen LogP contribution in [0.1, 0.15) is 75.2 Å². The summed E-state index contributed by atoms with van der Waals surface area (Å²) in [6, 6.07) is 11.5. The van der Waals surface area contributed by atoms with Crippen molar-refractivity contribution in [2.24, 2.45) is 5.73 Å². The molecule has 0 spiro atoms. The smallest absolute Gasteiger partial charge is 0.147 e. The standard InChI is InChI=1S/C21H33N5/c1-15(2)21-23-17(4)24-26(21)19-10-12-25(13-11-19)16(3)14-20(22)18-8-6-5-7-9-18/h5-9,15-16,19-20H,10-14,22H2,1-4H3/t16?,20-/m0/s1. The molecule has 2 atom stereocenters. The van der Waals surface area contributed by atoms with Crippen LogP contribution in [0.4, 0.5) is 0 Å². The summed E-state index contributed by atoms with van der Waals surface area (Å²) < 4.78 is 2.19. The van der Waals surface area contributed by atoms with E-state index in [0.717, 1.165) is 44.0 Å². The minimum atomic E-state index is 0.106. The summed E-state index contributed by atoms with van der Waals surface area (Å²) >= 11 is 0. The van der Waals surface area contributed by atoms with E-state index in [4.69, 9.17) is 5.73 Å². The first kappa shape index (κ1) is 19.1. The normalized spacial score (nSPS) is 19.0. The maximum Gasteiger partial charge on any atom is 0.147 e. The number of rotatable bonds is 6. The molecule has 2 aromatic rings. The van der Waals surface area contributed by atoms with Crippen LogP contribution in [0.2, 0.25) is 0 Å². The number of piperidine rings is 1. The van der Waals surface area contributed by atoms with E-state index >= 15 is 0 Å². The van der Waals surface area contributed by atoms with Crippen molar-refractivity contribution in [2.75, 3.05) is 13.1 Å². The SMILES string of the molecule is Cc1nc(C(C)C)n(C2CCN(C(C)C[C@H](N)c3ccccc3)CC2)n1. The summed E-state index contributed by atoms with van der Waals surface area (Å²) in [6.45, 7) is 10.9. The van der Waals surface area contributed by atoms with E-state index < -0.39 is 0 Å². The molecule has 0 aliphatic carbocycles. The topological polar surface area (TPSA) is 60.0 Å². The molecule has 0 saturated carbocycles. The molecule has 0 amide bonds. The average molecular weight is 356 g/mol. The van der Waals surface area contributed by atoms with Gasteiger partial charge in [0.15, 0.2) is 0 Å². The van der Waals surface area contributed by atoms with Gasteiger partial charge in [-0.1, -0.05) is 44.2 Å². The number of aromatic nitrogens is 3. The van der Waals surface area contributed by atoms with Crippen molar-refractivity contribution in [2.45, 2.75) is 71.0 Å². The molecule has 0 radical (unpaired) electrons. The lowest BCUT2D eigenvalue weighted by atomic mass is 9.97. The maximum absolute atomic E-state index is 6.43. The lowest BCUT2D eigenvalue weighted by Gasteiger charge is -2.37. The third kappa shape index (κ3) is 4.33. The van der Waals surface area contributed by atoms with Gasteiger partial charge in [0.05, 0.1) is 6.04 Å². The van der Waals surface area contributed by atoms with Gasteiger partial charge in [-0.25, -0.2) is 9.67 Å². The Kier molecular flexibility index (Phi) is 6.09. The minimum absolute atomic E-state index is 0.106. The molecule has 0 bridgehead atoms. The molecule has 1 aliphatic heterocycles. The molecule has 1 fully saturated rings. The Morgan fingerprint density at radius 2 is 1.77 bits per heavy atom. The van der Waals surface area contributed by atoms with Crippen molar-refractivity contribution >= 4 is 0 Å². The summed E-state index contributed by atoms with van der Waals surface area (Å²) in [5, 5.41) is 4.68. The Bertz CT molecular complexity index is 686. The molecule has 26 heavy (non-hydrogen) atoms. The van der Waals surface area contributed by atoms with Crippen molar-refractivity contribution < 1.29 is 0 Å². The molecule has 2 heterocycles. The van der Waals surface area contributed by atoms with E-state index in [1.165, 1.54) is 5.56 Å². The zero-order valence-electron chi connectivity index (χ0n) is 16.6. The zero-order chi connectivity index (χ0) is 18.7. The number of nitrogens with two attached hydrogens (primary N) is 1. The summed E-state index contributed by atoms with van der Waals surface area (Å²) in [6.07, 6.45) is 3.26. The molecule has 1 saturated heterocycles. The third-order valence-electron chi connectivity index (χ3n) is 5.57. The zero-order valence-corrected chi connectivity index (χ0v) is 16.6. The predicted molar refractivity (Wildman–Crippen MR) is 106 cm³/mol. The van der Waals surface area contributed by atoms with Crippen molar-refractivity contribution in [1.29, 1.82) is 0 Å². The minimum Gasteiger partial charge on any atom is -0.324 e. The largest absolute Gasteiger partial charge is 0.324 e. The van der Waals surface area contributed by atoms with Crippen LogP contribution in [-0.4, -0.2) is 38.8 Å². The molecule has 1 unspecified atom stereocenters. The second-order valence-corrected chi connectivity index (χ2v) is 7.99. The molecular weight excluding hydrogens is 322 g/mol. The Labute approximate surface area is 157 Å². The highest BCUT2D eigenvalue weighted by molar-refractivity contribution is 5.18. The second kappa shape index (κ2) is 8.31. The van der Waals surface area contributed by atoms with Crippen LogP contribution in [0.3, 0.4) is 0 Å². The van der Waals surface area contributed by atoms with Gasteiger partial charge in [0.25, 0.3) is 0 Å². The molecule has 3 rings (SSSR count). The quantitative estimate of drug-likeness (QED) is 0.855. The number of hydrogen-bond donors (Lipinski definition) is 1. The van der Waals surface area contributed by atoms with Gasteiger partial charge in [0, 0.05) is 31.1 Å². The van der Waals surface area contributed by atoms with E-state index in [9.17, 15) is 0 Å². The Morgan fingerprint density at radius 3 is 2.38 bits per heavy atom. The summed E-state index contributed by atoms with van der Waals surface area (Å²) in [7, 11) is 0. The molecule has 5 heteroatoms. The van der Waals surface area contributed by atoms with Gasteiger partial charge in [0.2, 0.25) is 0 Å². The van der Waals surface area contributed by atoms with Crippen LogP contribution in [0.25, 0.3) is 0 Å². The van der Waals surface area contributed by atoms with E-state index in [1.807, 2.05) is 13.0 Å². The molecular formula is C21H33N5. The van der Waals surface area contributed by atoms with Crippen LogP contribution in [0.15, 0.2) is 30.3 Å². The van der Waals surface area contributed by atoms with E-state index in [0.29, 0.717) is 18.0 Å². The number of benzene rings is 1. The fourth-order valence-corrected chi connectivity index (χ4v) is 4.03. The van der Waals surface area contributed by atoms with Gasteiger partial charge in [-0.15, -0.1) is 0 Å². The third-order valence-corrected chi connectivity index (χ3v) is 5.57. The Balaban J connectivity index is 1.56. The van der Waals surface area contributed by atoms with Crippen LogP contribution in [-0.2, 0) is 0 Å². The molecule has 2 N–H and O–H groups in total. The van der Waals surface area contributed by atoms with E-state index in [2.05, 4.69) is 64.7 Å². The van der Waals surface area contributed by atoms with Crippen molar-refractivity contribution in [3.05, 3.63) is 47.5 Å². The number of aryl methyl sites for hydroxylation is 1. The summed E-state index contributed by atoms with van der Waals surface area (Å²) in [5.74, 6) is 2.43. The molecule has 1 aromatic carbocycles. The number of hydrogen-bond acceptors (Lipinski definition) is 4. The first-order chi connectivity index (χ1) is 12.5. The summed E-state index contributed by atoms with van der Waals surface area (Å²) in [5.41, 5.74) is 7.66. The van der Waals surface area contributed by atoms with E-state index in [-0.39, 0.29) is 6.04 Å². The van der Waals surface area contributed by atoms with Gasteiger partial charge in [-0.2, -0.15) is 5.10 Å². The Morgan fingerprint density at radius 1 is 1.12 bits per heavy atom. The van der Waals surface area contributed by atoms with Gasteiger partial charge >= 0.3 is 0 Å². The van der Waals surface area contributed by atoms with E-state index in [1.54, 1.807) is 0 Å². The second-order valence-electron chi connectivity index (χ2n) is 7.99. The first-order valence-electron chi connectivity index (χ1n) is 9.93. The maximum atomic E-state index is 6.43. The number of nitrogens with zero attached hydrogens (tertiary/aromatic N) is 4. The summed E-state index contributed by atoms with van der Waals surface area (Å²) in [4.78, 5) is 7.22. The highest BCUT2D eigenvalue weighted by Crippen LogP contribution is 2.28. The Hall–Kier alpha value is -1.72. The van der Waals surface area contributed by atoms with Crippen LogP contribution in [0.5, 0.6) is 0 Å². The average Bonchev–Trinajstić information content (AvgIpc) is 3.04. The van der Waals surface area contributed by atoms with Crippen molar-refractivity contribution in [3.63, 3.8) is 0 Å². The monoisotopic (exact) mass is 355 g/mol. The van der Waals surface area contributed by atoms with Gasteiger partial charge in [-0.05, 0) is 38.7 Å². The van der Waals surface area contributed by atoms with Crippen LogP contribution < -0.4 is 5.73 Å². The molecule has 142 valence electrons. The van der Waals surface area contributed by atoms with Gasteiger partial charge in [0.1, 0.15) is 11.6 Å². The fourth-order valence-electron chi connectivity index (χ4n) is 4.03. The first-order valence-corrected chi connectivity index (χ1v) is 9.93. The lowest BCUT2D eigenvalue weighted by Crippen LogP contribution is -2.42. The van der Waals surface area contributed by atoms with Crippen molar-refractivity contribution in [3.8, 4) is 0 Å². The molecule has 5 nitrogen and oxygen atoms in total. The predicted octanol–water partition coefficient (Wildman–Crippen LogP) is 3.83. The molecule has 1 aromatic heterocycles. The number of likely N-dealkylation sites (tertiary alicyclic amines) is 1.